The molecule has 0 aliphatic carbocycles. The van der Waals surface area contributed by atoms with Crippen LogP contribution in [0.2, 0.25) is 0 Å². The molecule has 0 spiro atoms. The van der Waals surface area contributed by atoms with E-state index in [1.165, 1.54) is 6.20 Å². The molecule has 6 nitrogen and oxygen atoms in total. The van der Waals surface area contributed by atoms with Crippen molar-refractivity contribution in [3.8, 4) is 0 Å². The Morgan fingerprint density at radius 3 is 2.75 bits per heavy atom. The number of carboxylic acid groups (broad SMARTS) is 1. The van der Waals surface area contributed by atoms with Crippen molar-refractivity contribution in [3.63, 3.8) is 0 Å². The van der Waals surface area contributed by atoms with Crippen molar-refractivity contribution in [1.29, 1.82) is 0 Å². The summed E-state index contributed by atoms with van der Waals surface area (Å²) in [6.45, 7) is 0. The van der Waals surface area contributed by atoms with Crippen LogP contribution >= 0.6 is 11.8 Å². The summed E-state index contributed by atoms with van der Waals surface area (Å²) in [6.07, 6.45) is 3.69. The molecule has 0 saturated carbocycles. The van der Waals surface area contributed by atoms with Gasteiger partial charge in [0.05, 0.1) is 18.1 Å². The molecule has 0 radical (unpaired) electrons. The van der Waals surface area contributed by atoms with Crippen molar-refractivity contribution in [1.82, 2.24) is 9.97 Å². The molecule has 0 aliphatic heterocycles. The van der Waals surface area contributed by atoms with Crippen LogP contribution in [0.3, 0.4) is 0 Å². The van der Waals surface area contributed by atoms with Crippen molar-refractivity contribution in [2.24, 2.45) is 0 Å². The zero-order valence-corrected chi connectivity index (χ0v) is 10.1. The normalized spacial score (nSPS) is 11.3. The first-order valence-electron chi connectivity index (χ1n) is 4.24. The van der Waals surface area contributed by atoms with E-state index in [0.29, 0.717) is 10.8 Å². The maximum atomic E-state index is 10.9. The van der Waals surface area contributed by atoms with Crippen molar-refractivity contribution in [3.05, 3.63) is 18.1 Å². The number of aromatic nitrogens is 2. The number of rotatable bonds is 5. The number of hydrogen-bond donors (Lipinski definition) is 1. The zero-order chi connectivity index (χ0) is 12.2. The Hall–Kier alpha value is -1.15. The first-order chi connectivity index (χ1) is 7.38. The molecule has 1 rings (SSSR count). The second-order valence-electron chi connectivity index (χ2n) is 3.03. The van der Waals surface area contributed by atoms with E-state index in [-0.39, 0.29) is 11.4 Å². The molecule has 0 atom stereocenters. The lowest BCUT2D eigenvalue weighted by Gasteiger charge is -2.00. The first-order valence-corrected chi connectivity index (χ1v) is 7.29. The summed E-state index contributed by atoms with van der Waals surface area (Å²) in [5.41, 5.74) is -0.149. The summed E-state index contributed by atoms with van der Waals surface area (Å²) in [7, 11) is -3.01. The summed E-state index contributed by atoms with van der Waals surface area (Å²) in [5, 5.41) is 9.06. The lowest BCUT2D eigenvalue weighted by molar-refractivity contribution is 0.0689. The minimum atomic E-state index is -3.01. The van der Waals surface area contributed by atoms with Gasteiger partial charge < -0.3 is 5.11 Å². The maximum absolute atomic E-state index is 10.9. The van der Waals surface area contributed by atoms with Gasteiger partial charge in [0.2, 0.25) is 0 Å². The van der Waals surface area contributed by atoms with Gasteiger partial charge in [-0.2, -0.15) is 0 Å². The van der Waals surface area contributed by atoms with Gasteiger partial charge in [-0.1, -0.05) is 0 Å². The number of hydrogen-bond acceptors (Lipinski definition) is 6. The topological polar surface area (TPSA) is 97.2 Å². The number of aromatic carboxylic acids is 1. The van der Waals surface area contributed by atoms with E-state index in [1.54, 1.807) is 0 Å². The predicted octanol–water partition coefficient (Wildman–Crippen LogP) is 0.312. The third kappa shape index (κ3) is 4.58. The number of carbonyl (C=O) groups is 1. The quantitative estimate of drug-likeness (QED) is 0.763. The Bertz CT molecular complexity index is 487. The highest BCUT2D eigenvalue weighted by molar-refractivity contribution is 8.00. The highest BCUT2D eigenvalue weighted by Gasteiger charge is 2.07. The van der Waals surface area contributed by atoms with Crippen LogP contribution in [-0.2, 0) is 9.84 Å². The van der Waals surface area contributed by atoms with E-state index in [4.69, 9.17) is 5.11 Å². The SMILES string of the molecule is CS(=O)(=O)CCSc1cncc(C(=O)O)n1. The van der Waals surface area contributed by atoms with Crippen LogP contribution in [0.15, 0.2) is 17.4 Å². The van der Waals surface area contributed by atoms with Crippen LogP contribution in [0, 0.1) is 0 Å². The van der Waals surface area contributed by atoms with Crippen LogP contribution in [0.4, 0.5) is 0 Å². The van der Waals surface area contributed by atoms with Gasteiger partial charge >= 0.3 is 5.97 Å². The summed E-state index contributed by atoms with van der Waals surface area (Å²) >= 11 is 1.16. The summed E-state index contributed by atoms with van der Waals surface area (Å²) < 4.78 is 21.7. The molecule has 88 valence electrons. The largest absolute Gasteiger partial charge is 0.476 e. The maximum Gasteiger partial charge on any atom is 0.356 e. The summed E-state index contributed by atoms with van der Waals surface area (Å²) in [4.78, 5) is 18.1. The second kappa shape index (κ2) is 5.26. The van der Waals surface area contributed by atoms with Gasteiger partial charge in [0.25, 0.3) is 0 Å². The van der Waals surface area contributed by atoms with Crippen molar-refractivity contribution in [2.45, 2.75) is 5.03 Å². The fourth-order valence-electron chi connectivity index (χ4n) is 0.818. The van der Waals surface area contributed by atoms with E-state index < -0.39 is 15.8 Å². The van der Waals surface area contributed by atoms with Crippen LogP contribution < -0.4 is 0 Å². The standard InChI is InChI=1S/C8H10N2O4S2/c1-16(13,14)3-2-15-7-5-9-4-6(10-7)8(11)12/h4-5H,2-3H2,1H3,(H,11,12). The van der Waals surface area contributed by atoms with Crippen molar-refractivity contribution >= 4 is 27.6 Å². The average molecular weight is 262 g/mol. The molecular formula is C8H10N2O4S2. The third-order valence-electron chi connectivity index (χ3n) is 1.54. The monoisotopic (exact) mass is 262 g/mol. The van der Waals surface area contributed by atoms with Crippen LogP contribution in [0.1, 0.15) is 10.5 Å². The van der Waals surface area contributed by atoms with Gasteiger partial charge in [-0.3, -0.25) is 4.98 Å². The lowest BCUT2D eigenvalue weighted by Crippen LogP contribution is -2.06. The van der Waals surface area contributed by atoms with E-state index in [9.17, 15) is 13.2 Å². The Kier molecular flexibility index (Phi) is 4.25. The van der Waals surface area contributed by atoms with Gasteiger partial charge in [-0.05, 0) is 0 Å². The van der Waals surface area contributed by atoms with E-state index in [2.05, 4.69) is 9.97 Å². The summed E-state index contributed by atoms with van der Waals surface area (Å²) in [6, 6.07) is 0. The first kappa shape index (κ1) is 12.9. The molecule has 1 heterocycles. The average Bonchev–Trinajstić information content (AvgIpc) is 2.16. The van der Waals surface area contributed by atoms with Crippen LogP contribution in [0.5, 0.6) is 0 Å². The Morgan fingerprint density at radius 1 is 1.50 bits per heavy atom. The zero-order valence-electron chi connectivity index (χ0n) is 8.45. The smallest absolute Gasteiger partial charge is 0.356 e. The number of carboxylic acids is 1. The Morgan fingerprint density at radius 2 is 2.19 bits per heavy atom. The Labute approximate surface area is 97.0 Å². The van der Waals surface area contributed by atoms with Gasteiger partial charge in [-0.25, -0.2) is 18.2 Å². The molecule has 0 amide bonds. The van der Waals surface area contributed by atoms with E-state index >= 15 is 0 Å². The molecule has 0 aliphatic rings. The second-order valence-corrected chi connectivity index (χ2v) is 6.40. The molecule has 0 bridgehead atoms. The van der Waals surface area contributed by atoms with Gasteiger partial charge in [-0.15, -0.1) is 11.8 Å². The third-order valence-corrected chi connectivity index (χ3v) is 3.64. The van der Waals surface area contributed by atoms with Crippen molar-refractivity contribution in [2.75, 3.05) is 17.8 Å². The van der Waals surface area contributed by atoms with Crippen molar-refractivity contribution < 1.29 is 18.3 Å². The number of nitrogens with zero attached hydrogens (tertiary/aromatic N) is 2. The molecule has 0 aromatic carbocycles. The fourth-order valence-corrected chi connectivity index (χ4v) is 2.87. The predicted molar refractivity (Wildman–Crippen MR) is 59.4 cm³/mol. The fraction of sp³-hybridized carbons (Fsp3) is 0.375. The highest BCUT2D eigenvalue weighted by atomic mass is 32.2. The molecule has 1 N–H and O–H groups in total. The summed E-state index contributed by atoms with van der Waals surface area (Å²) in [5.74, 6) is -0.800. The molecule has 1 aromatic rings. The van der Waals surface area contributed by atoms with E-state index in [0.717, 1.165) is 24.2 Å². The van der Waals surface area contributed by atoms with Crippen LogP contribution in [-0.4, -0.2) is 47.2 Å². The van der Waals surface area contributed by atoms with Gasteiger partial charge in [0.1, 0.15) is 14.9 Å². The van der Waals surface area contributed by atoms with Gasteiger partial charge in [0.15, 0.2) is 5.69 Å². The van der Waals surface area contributed by atoms with Crippen LogP contribution in [0.25, 0.3) is 0 Å². The van der Waals surface area contributed by atoms with E-state index in [1.807, 2.05) is 0 Å². The molecule has 1 aromatic heterocycles. The van der Waals surface area contributed by atoms with Gasteiger partial charge in [0, 0.05) is 12.0 Å². The number of sulfone groups is 1. The lowest BCUT2D eigenvalue weighted by atomic mass is 10.5. The number of thioether (sulfide) groups is 1. The molecule has 0 saturated heterocycles. The molecule has 0 fully saturated rings. The minimum absolute atomic E-state index is 0.0245. The molecular weight excluding hydrogens is 252 g/mol. The minimum Gasteiger partial charge on any atom is -0.476 e. The highest BCUT2D eigenvalue weighted by Crippen LogP contribution is 2.14. The molecule has 16 heavy (non-hydrogen) atoms. The Balaban J connectivity index is 2.61. The molecule has 0 unspecified atom stereocenters. The molecule has 8 heteroatoms.